The summed E-state index contributed by atoms with van der Waals surface area (Å²) in [5.41, 5.74) is 1.79. The minimum Gasteiger partial charge on any atom is -0.463 e. The van der Waals surface area contributed by atoms with Gasteiger partial charge in [-0.15, -0.1) is 0 Å². The van der Waals surface area contributed by atoms with E-state index in [2.05, 4.69) is 5.32 Å². The van der Waals surface area contributed by atoms with Crippen molar-refractivity contribution in [2.45, 2.75) is 39.7 Å². The van der Waals surface area contributed by atoms with E-state index in [1.54, 1.807) is 0 Å². The Morgan fingerprint density at radius 1 is 1.14 bits per heavy atom. The third-order valence-electron chi connectivity index (χ3n) is 3.83. The molecule has 0 spiro atoms. The molecule has 1 aliphatic carbocycles. The van der Waals surface area contributed by atoms with Gasteiger partial charge in [-0.1, -0.05) is 30.4 Å². The molecule has 0 fully saturated rings. The van der Waals surface area contributed by atoms with E-state index in [1.165, 1.54) is 0 Å². The Kier molecular flexibility index (Phi) is 5.36. The highest BCUT2D eigenvalue weighted by atomic mass is 16.5. The largest absolute Gasteiger partial charge is 0.463 e. The molecule has 0 saturated heterocycles. The van der Waals surface area contributed by atoms with Gasteiger partial charge < -0.3 is 10.1 Å². The normalized spacial score (nSPS) is 20.7. The molecule has 118 valence electrons. The quantitative estimate of drug-likeness (QED) is 0.684. The first kappa shape index (κ1) is 16.3. The third kappa shape index (κ3) is 3.97. The van der Waals surface area contributed by atoms with E-state index in [-0.39, 0.29) is 23.9 Å². The summed E-state index contributed by atoms with van der Waals surface area (Å²) in [5, 5.41) is 2.94. The molecule has 0 aliphatic heterocycles. The average molecular weight is 301 g/mol. The molecule has 1 aromatic carbocycles. The molecule has 4 nitrogen and oxygen atoms in total. The highest BCUT2D eigenvalue weighted by Gasteiger charge is 2.35. The van der Waals surface area contributed by atoms with E-state index in [9.17, 15) is 9.59 Å². The van der Waals surface area contributed by atoms with Crippen LogP contribution in [-0.2, 0) is 14.3 Å². The second-order valence-corrected chi connectivity index (χ2v) is 5.95. The van der Waals surface area contributed by atoms with E-state index in [1.807, 2.05) is 57.2 Å². The molecular weight excluding hydrogens is 278 g/mol. The van der Waals surface area contributed by atoms with E-state index in [4.69, 9.17) is 4.74 Å². The SMILES string of the molecule is Cc1ccccc1NC(=O)[C@@H]1CC=CC[C@H]1C(=O)OC(C)C. The fraction of sp³-hybridized carbons (Fsp3) is 0.444. The summed E-state index contributed by atoms with van der Waals surface area (Å²) >= 11 is 0. The van der Waals surface area contributed by atoms with Crippen LogP contribution in [0.2, 0.25) is 0 Å². The van der Waals surface area contributed by atoms with Crippen LogP contribution in [0.25, 0.3) is 0 Å². The van der Waals surface area contributed by atoms with Gasteiger partial charge in [0.25, 0.3) is 0 Å². The average Bonchev–Trinajstić information content (AvgIpc) is 2.49. The molecule has 0 radical (unpaired) electrons. The number of ether oxygens (including phenoxy) is 1. The zero-order valence-electron chi connectivity index (χ0n) is 13.3. The molecule has 0 saturated carbocycles. The molecule has 2 rings (SSSR count). The summed E-state index contributed by atoms with van der Waals surface area (Å²) in [6, 6.07) is 7.62. The number of carbonyl (C=O) groups excluding carboxylic acids is 2. The topological polar surface area (TPSA) is 55.4 Å². The van der Waals surface area contributed by atoms with Crippen LogP contribution < -0.4 is 5.32 Å². The third-order valence-corrected chi connectivity index (χ3v) is 3.83. The highest BCUT2D eigenvalue weighted by molar-refractivity contribution is 5.96. The van der Waals surface area contributed by atoms with Crippen molar-refractivity contribution in [3.63, 3.8) is 0 Å². The van der Waals surface area contributed by atoms with E-state index in [0.29, 0.717) is 12.8 Å². The van der Waals surface area contributed by atoms with E-state index >= 15 is 0 Å². The van der Waals surface area contributed by atoms with Crippen LogP contribution in [0.15, 0.2) is 36.4 Å². The lowest BCUT2D eigenvalue weighted by Gasteiger charge is -2.27. The number of nitrogens with one attached hydrogen (secondary N) is 1. The van der Waals surface area contributed by atoms with Gasteiger partial charge in [-0.25, -0.2) is 0 Å². The number of benzene rings is 1. The zero-order chi connectivity index (χ0) is 16.1. The summed E-state index contributed by atoms with van der Waals surface area (Å²) in [6.45, 7) is 5.58. The van der Waals surface area contributed by atoms with Crippen molar-refractivity contribution in [3.8, 4) is 0 Å². The fourth-order valence-electron chi connectivity index (χ4n) is 2.62. The molecular formula is C18H23NO3. The van der Waals surface area contributed by atoms with Gasteiger partial charge in [0, 0.05) is 5.69 Å². The van der Waals surface area contributed by atoms with Gasteiger partial charge in [0.2, 0.25) is 5.91 Å². The lowest BCUT2D eigenvalue weighted by molar-refractivity contribution is -0.156. The Balaban J connectivity index is 2.10. The minimum absolute atomic E-state index is 0.121. The van der Waals surface area contributed by atoms with Gasteiger partial charge in [-0.3, -0.25) is 9.59 Å². The maximum Gasteiger partial charge on any atom is 0.310 e. The van der Waals surface area contributed by atoms with Crippen molar-refractivity contribution < 1.29 is 14.3 Å². The summed E-state index contributed by atoms with van der Waals surface area (Å²) < 4.78 is 5.29. The standard InChI is InChI=1S/C18H23NO3/c1-12(2)22-18(21)15-10-6-5-9-14(15)17(20)19-16-11-7-4-8-13(16)3/h4-8,11-12,14-15H,9-10H2,1-3H3,(H,19,20)/t14-,15-/m1/s1. The number of amides is 1. The molecule has 0 unspecified atom stereocenters. The monoisotopic (exact) mass is 301 g/mol. The zero-order valence-corrected chi connectivity index (χ0v) is 13.3. The maximum absolute atomic E-state index is 12.6. The number of allylic oxidation sites excluding steroid dienone is 2. The fourth-order valence-corrected chi connectivity index (χ4v) is 2.62. The number of hydrogen-bond acceptors (Lipinski definition) is 3. The number of rotatable bonds is 4. The first-order chi connectivity index (χ1) is 10.5. The smallest absolute Gasteiger partial charge is 0.310 e. The van der Waals surface area contributed by atoms with Crippen molar-refractivity contribution in [2.24, 2.45) is 11.8 Å². The predicted octanol–water partition coefficient (Wildman–Crippen LogP) is 3.47. The number of carbonyl (C=O) groups is 2. The first-order valence-electron chi connectivity index (χ1n) is 7.71. The molecule has 1 aromatic rings. The summed E-state index contributed by atoms with van der Waals surface area (Å²) in [4.78, 5) is 24.8. The molecule has 1 amide bonds. The Morgan fingerprint density at radius 3 is 2.41 bits per heavy atom. The van der Waals surface area contributed by atoms with Crippen LogP contribution in [0.4, 0.5) is 5.69 Å². The summed E-state index contributed by atoms with van der Waals surface area (Å²) in [6.07, 6.45) is 4.86. The first-order valence-corrected chi connectivity index (χ1v) is 7.71. The van der Waals surface area contributed by atoms with Crippen molar-refractivity contribution in [3.05, 3.63) is 42.0 Å². The van der Waals surface area contributed by atoms with Gasteiger partial charge in [-0.05, 0) is 45.2 Å². The maximum atomic E-state index is 12.6. The van der Waals surface area contributed by atoms with Crippen molar-refractivity contribution in [1.82, 2.24) is 0 Å². The molecule has 0 aromatic heterocycles. The number of hydrogen-bond donors (Lipinski definition) is 1. The number of esters is 1. The van der Waals surface area contributed by atoms with Crippen LogP contribution in [0.1, 0.15) is 32.3 Å². The molecule has 1 aliphatic rings. The van der Waals surface area contributed by atoms with Crippen LogP contribution in [0.3, 0.4) is 0 Å². The van der Waals surface area contributed by atoms with E-state index < -0.39 is 5.92 Å². The van der Waals surface area contributed by atoms with Crippen LogP contribution in [0.5, 0.6) is 0 Å². The molecule has 0 bridgehead atoms. The number of para-hydroxylation sites is 1. The lowest BCUT2D eigenvalue weighted by atomic mass is 9.82. The minimum atomic E-state index is -0.406. The van der Waals surface area contributed by atoms with Crippen LogP contribution in [-0.4, -0.2) is 18.0 Å². The molecule has 2 atom stereocenters. The Hall–Kier alpha value is -2.10. The van der Waals surface area contributed by atoms with Crippen molar-refractivity contribution in [1.29, 1.82) is 0 Å². The summed E-state index contributed by atoms with van der Waals surface area (Å²) in [5.74, 6) is -1.19. The lowest BCUT2D eigenvalue weighted by Crippen LogP contribution is -2.36. The Morgan fingerprint density at radius 2 is 1.77 bits per heavy atom. The van der Waals surface area contributed by atoms with Gasteiger partial charge in [-0.2, -0.15) is 0 Å². The molecule has 0 heterocycles. The van der Waals surface area contributed by atoms with Gasteiger partial charge in [0.15, 0.2) is 0 Å². The molecule has 1 N–H and O–H groups in total. The van der Waals surface area contributed by atoms with Crippen molar-refractivity contribution >= 4 is 17.6 Å². The number of aryl methyl sites for hydroxylation is 1. The second-order valence-electron chi connectivity index (χ2n) is 5.95. The van der Waals surface area contributed by atoms with Gasteiger partial charge in [0.1, 0.15) is 0 Å². The van der Waals surface area contributed by atoms with Crippen LogP contribution >= 0.6 is 0 Å². The number of anilines is 1. The van der Waals surface area contributed by atoms with E-state index in [0.717, 1.165) is 11.3 Å². The highest BCUT2D eigenvalue weighted by Crippen LogP contribution is 2.29. The van der Waals surface area contributed by atoms with Gasteiger partial charge >= 0.3 is 5.97 Å². The molecule has 4 heteroatoms. The van der Waals surface area contributed by atoms with Crippen LogP contribution in [0, 0.1) is 18.8 Å². The Bertz CT molecular complexity index is 577. The second kappa shape index (κ2) is 7.25. The molecule has 22 heavy (non-hydrogen) atoms. The van der Waals surface area contributed by atoms with Gasteiger partial charge in [0.05, 0.1) is 17.9 Å². The predicted molar refractivity (Wildman–Crippen MR) is 86.4 cm³/mol. The Labute approximate surface area is 131 Å². The van der Waals surface area contributed by atoms with Crippen molar-refractivity contribution in [2.75, 3.05) is 5.32 Å². The summed E-state index contributed by atoms with van der Waals surface area (Å²) in [7, 11) is 0.